The van der Waals surface area contributed by atoms with Crippen LogP contribution in [0.5, 0.6) is 0 Å². The predicted molar refractivity (Wildman–Crippen MR) is 107 cm³/mol. The molecule has 1 aromatic carbocycles. The molecule has 1 saturated heterocycles. The second-order valence-electron chi connectivity index (χ2n) is 8.73. The summed E-state index contributed by atoms with van der Waals surface area (Å²) < 4.78 is 0. The summed E-state index contributed by atoms with van der Waals surface area (Å²) in [4.78, 5) is 17.3. The van der Waals surface area contributed by atoms with E-state index in [4.69, 9.17) is 5.73 Å². The molecule has 25 heavy (non-hydrogen) atoms. The monoisotopic (exact) mass is 367 g/mol. The van der Waals surface area contributed by atoms with E-state index in [2.05, 4.69) is 51.7 Å². The highest BCUT2D eigenvalue weighted by atomic mass is 35.5. The van der Waals surface area contributed by atoms with Gasteiger partial charge in [0, 0.05) is 31.2 Å². The quantitative estimate of drug-likeness (QED) is 0.888. The van der Waals surface area contributed by atoms with Crippen molar-refractivity contribution in [1.82, 2.24) is 9.80 Å². The summed E-state index contributed by atoms with van der Waals surface area (Å²) in [5.74, 6) is 0.192. The van der Waals surface area contributed by atoms with Crippen LogP contribution < -0.4 is 5.73 Å². The first-order chi connectivity index (χ1) is 11.1. The minimum absolute atomic E-state index is 0. The fourth-order valence-corrected chi connectivity index (χ4v) is 3.36. The summed E-state index contributed by atoms with van der Waals surface area (Å²) >= 11 is 0. The Morgan fingerprint density at radius 2 is 1.88 bits per heavy atom. The molecule has 0 saturated carbocycles. The van der Waals surface area contributed by atoms with E-state index in [1.165, 1.54) is 5.56 Å². The predicted octanol–water partition coefficient (Wildman–Crippen LogP) is 3.29. The third-order valence-electron chi connectivity index (χ3n) is 5.04. The Balaban J connectivity index is 0.00000312. The van der Waals surface area contributed by atoms with E-state index in [-0.39, 0.29) is 35.3 Å². The molecule has 1 aliphatic heterocycles. The van der Waals surface area contributed by atoms with Crippen molar-refractivity contribution < 1.29 is 4.79 Å². The molecule has 0 radical (unpaired) electrons. The summed E-state index contributed by atoms with van der Waals surface area (Å²) in [7, 11) is 0. The Hall–Kier alpha value is -1.10. The van der Waals surface area contributed by atoms with Gasteiger partial charge in [-0.15, -0.1) is 12.4 Å². The van der Waals surface area contributed by atoms with Crippen LogP contribution in [0.4, 0.5) is 0 Å². The summed E-state index contributed by atoms with van der Waals surface area (Å²) in [5, 5.41) is 0. The van der Waals surface area contributed by atoms with Crippen LogP contribution in [0.2, 0.25) is 0 Å². The molecule has 1 heterocycles. The normalized spacial score (nSPS) is 20.6. The van der Waals surface area contributed by atoms with Gasteiger partial charge in [-0.1, -0.05) is 44.2 Å². The number of piperidine rings is 1. The molecule has 0 spiro atoms. The average molecular weight is 368 g/mol. The lowest BCUT2D eigenvalue weighted by Gasteiger charge is -2.44. The first-order valence-corrected chi connectivity index (χ1v) is 8.92. The van der Waals surface area contributed by atoms with E-state index in [0.29, 0.717) is 13.1 Å². The maximum absolute atomic E-state index is 13.0. The minimum atomic E-state index is -0.200. The van der Waals surface area contributed by atoms with Crippen molar-refractivity contribution in [3.63, 3.8) is 0 Å². The van der Waals surface area contributed by atoms with Crippen LogP contribution >= 0.6 is 12.4 Å². The fraction of sp³-hybridized carbons (Fsp3) is 0.650. The van der Waals surface area contributed by atoms with Gasteiger partial charge < -0.3 is 10.6 Å². The topological polar surface area (TPSA) is 49.6 Å². The molecule has 0 bridgehead atoms. The largest absolute Gasteiger partial charge is 0.332 e. The van der Waals surface area contributed by atoms with Crippen LogP contribution in [0.3, 0.4) is 0 Å². The van der Waals surface area contributed by atoms with Gasteiger partial charge in [0.2, 0.25) is 5.91 Å². The van der Waals surface area contributed by atoms with E-state index in [9.17, 15) is 4.79 Å². The lowest BCUT2D eigenvalue weighted by molar-refractivity contribution is -0.138. The number of likely N-dealkylation sites (tertiary alicyclic amines) is 1. The first kappa shape index (κ1) is 21.9. The number of nitrogens with two attached hydrogens (primary N) is 1. The Bertz CT molecular complexity index is 554. The van der Waals surface area contributed by atoms with Gasteiger partial charge in [0.1, 0.15) is 0 Å². The summed E-state index contributed by atoms with van der Waals surface area (Å²) in [6.07, 6.45) is 0.953. The van der Waals surface area contributed by atoms with Crippen molar-refractivity contribution in [3.05, 3.63) is 35.9 Å². The van der Waals surface area contributed by atoms with Crippen molar-refractivity contribution in [3.8, 4) is 0 Å². The Morgan fingerprint density at radius 1 is 1.28 bits per heavy atom. The number of halogens is 1. The molecular weight excluding hydrogens is 334 g/mol. The average Bonchev–Trinajstić information content (AvgIpc) is 2.48. The van der Waals surface area contributed by atoms with Crippen molar-refractivity contribution >= 4 is 18.3 Å². The van der Waals surface area contributed by atoms with Crippen LogP contribution in [-0.2, 0) is 11.3 Å². The lowest BCUT2D eigenvalue weighted by atomic mass is 9.80. The van der Waals surface area contributed by atoms with E-state index in [1.807, 2.05) is 23.1 Å². The SMILES string of the molecule is CC1(C)CN(CC(=O)N(Cc2ccccc2)C(C)(C)C)CCC1N.Cl. The maximum Gasteiger partial charge on any atom is 0.237 e. The lowest BCUT2D eigenvalue weighted by Crippen LogP contribution is -2.56. The minimum Gasteiger partial charge on any atom is -0.332 e. The molecule has 1 aromatic rings. The number of rotatable bonds is 4. The molecule has 2 N–H and O–H groups in total. The number of amides is 1. The second-order valence-corrected chi connectivity index (χ2v) is 8.73. The molecule has 0 aliphatic carbocycles. The number of benzene rings is 1. The molecule has 4 nitrogen and oxygen atoms in total. The number of nitrogens with zero attached hydrogens (tertiary/aromatic N) is 2. The third kappa shape index (κ3) is 5.98. The molecular formula is C20H34ClN3O. The van der Waals surface area contributed by atoms with E-state index < -0.39 is 0 Å². The van der Waals surface area contributed by atoms with E-state index >= 15 is 0 Å². The molecule has 142 valence electrons. The first-order valence-electron chi connectivity index (χ1n) is 8.92. The zero-order valence-electron chi connectivity index (χ0n) is 16.3. The number of carbonyl (C=O) groups excluding carboxylic acids is 1. The number of carbonyl (C=O) groups is 1. The molecule has 5 heteroatoms. The van der Waals surface area contributed by atoms with Gasteiger partial charge in [-0.25, -0.2) is 0 Å². The van der Waals surface area contributed by atoms with Crippen LogP contribution in [0.1, 0.15) is 46.6 Å². The summed E-state index contributed by atoms with van der Waals surface area (Å²) in [6, 6.07) is 10.4. The maximum atomic E-state index is 13.0. The van der Waals surface area contributed by atoms with Gasteiger partial charge in [-0.05, 0) is 38.2 Å². The smallest absolute Gasteiger partial charge is 0.237 e. The second kappa shape index (κ2) is 8.52. The molecule has 1 atom stereocenters. The fourth-order valence-electron chi connectivity index (χ4n) is 3.36. The zero-order chi connectivity index (χ0) is 18.0. The number of hydrogen-bond donors (Lipinski definition) is 1. The Morgan fingerprint density at radius 3 is 2.40 bits per heavy atom. The molecule has 1 aliphatic rings. The molecule has 1 amide bonds. The molecule has 1 unspecified atom stereocenters. The highest BCUT2D eigenvalue weighted by Crippen LogP contribution is 2.28. The van der Waals surface area contributed by atoms with E-state index in [1.54, 1.807) is 0 Å². The molecule has 0 aromatic heterocycles. The van der Waals surface area contributed by atoms with Crippen LogP contribution in [0, 0.1) is 5.41 Å². The highest BCUT2D eigenvalue weighted by molar-refractivity contribution is 5.85. The van der Waals surface area contributed by atoms with Crippen molar-refractivity contribution in [1.29, 1.82) is 0 Å². The van der Waals surface area contributed by atoms with Gasteiger partial charge >= 0.3 is 0 Å². The van der Waals surface area contributed by atoms with Gasteiger partial charge in [-0.2, -0.15) is 0 Å². The van der Waals surface area contributed by atoms with Crippen LogP contribution in [0.25, 0.3) is 0 Å². The van der Waals surface area contributed by atoms with Gasteiger partial charge in [0.15, 0.2) is 0 Å². The zero-order valence-corrected chi connectivity index (χ0v) is 17.1. The summed E-state index contributed by atoms with van der Waals surface area (Å²) in [5.41, 5.74) is 7.24. The Kier molecular flexibility index (Phi) is 7.48. The Labute approximate surface area is 159 Å². The molecule has 2 rings (SSSR count). The van der Waals surface area contributed by atoms with Gasteiger partial charge in [-0.3, -0.25) is 9.69 Å². The van der Waals surface area contributed by atoms with Crippen molar-refractivity contribution in [2.24, 2.45) is 11.1 Å². The number of hydrogen-bond acceptors (Lipinski definition) is 3. The van der Waals surface area contributed by atoms with Gasteiger partial charge in [0.25, 0.3) is 0 Å². The summed E-state index contributed by atoms with van der Waals surface area (Å²) in [6.45, 7) is 13.6. The van der Waals surface area contributed by atoms with Crippen molar-refractivity contribution in [2.75, 3.05) is 19.6 Å². The van der Waals surface area contributed by atoms with Crippen molar-refractivity contribution in [2.45, 2.75) is 59.2 Å². The highest BCUT2D eigenvalue weighted by Gasteiger charge is 2.35. The van der Waals surface area contributed by atoms with Gasteiger partial charge in [0.05, 0.1) is 6.54 Å². The van der Waals surface area contributed by atoms with E-state index in [0.717, 1.165) is 19.5 Å². The third-order valence-corrected chi connectivity index (χ3v) is 5.04. The standard InChI is InChI=1S/C20H33N3O.ClH/c1-19(2,3)23(13-16-9-7-6-8-10-16)18(24)14-22-12-11-17(21)20(4,5)15-22;/h6-10,17H,11-15,21H2,1-5H3;1H. The molecule has 1 fully saturated rings. The van der Waals surface area contributed by atoms with Crippen LogP contribution in [-0.4, -0.2) is 46.9 Å². The van der Waals surface area contributed by atoms with Crippen LogP contribution in [0.15, 0.2) is 30.3 Å².